The molecule has 0 aliphatic heterocycles. The molecule has 0 aromatic heterocycles. The van der Waals surface area contributed by atoms with Crippen molar-refractivity contribution in [3.8, 4) is 0 Å². The molecule has 3 atom stereocenters. The summed E-state index contributed by atoms with van der Waals surface area (Å²) in [5.41, 5.74) is 0. The molecule has 0 radical (unpaired) electrons. The monoisotopic (exact) mass is 295 g/mol. The fourth-order valence-electron chi connectivity index (χ4n) is 4.19. The number of amides is 1. The summed E-state index contributed by atoms with van der Waals surface area (Å²) < 4.78 is 0. The second-order valence-corrected chi connectivity index (χ2v) is 7.32. The predicted octanol–water partition coefficient (Wildman–Crippen LogP) is 3.16. The van der Waals surface area contributed by atoms with Gasteiger partial charge in [-0.1, -0.05) is 39.5 Å². The maximum atomic E-state index is 12.7. The Morgan fingerprint density at radius 3 is 2.38 bits per heavy atom. The summed E-state index contributed by atoms with van der Waals surface area (Å²) in [6.45, 7) is 4.46. The second kappa shape index (κ2) is 7.28. The van der Waals surface area contributed by atoms with Crippen LogP contribution in [0, 0.1) is 23.7 Å². The van der Waals surface area contributed by atoms with Crippen molar-refractivity contribution >= 4 is 11.9 Å². The van der Waals surface area contributed by atoms with Gasteiger partial charge in [-0.3, -0.25) is 9.59 Å². The Kier molecular flexibility index (Phi) is 5.65. The summed E-state index contributed by atoms with van der Waals surface area (Å²) in [4.78, 5) is 25.3. The van der Waals surface area contributed by atoms with Crippen LogP contribution in [-0.2, 0) is 9.59 Å². The van der Waals surface area contributed by atoms with Crippen molar-refractivity contribution in [2.45, 2.75) is 58.8 Å². The minimum Gasteiger partial charge on any atom is -0.480 e. The van der Waals surface area contributed by atoms with E-state index in [1.165, 1.54) is 25.7 Å². The van der Waals surface area contributed by atoms with Crippen LogP contribution in [0.15, 0.2) is 0 Å². The third kappa shape index (κ3) is 4.45. The Hall–Kier alpha value is -1.06. The lowest BCUT2D eigenvalue weighted by Crippen LogP contribution is -2.44. The predicted molar refractivity (Wildman–Crippen MR) is 81.8 cm³/mol. The molecule has 0 aromatic rings. The van der Waals surface area contributed by atoms with Crippen LogP contribution in [0.1, 0.15) is 58.8 Å². The lowest BCUT2D eigenvalue weighted by Gasteiger charge is -2.40. The first-order valence-electron chi connectivity index (χ1n) is 8.48. The number of nitrogens with zero attached hydrogens (tertiary/aromatic N) is 1. The Bertz CT molecular complexity index is 380. The van der Waals surface area contributed by atoms with Gasteiger partial charge in [0.15, 0.2) is 0 Å². The highest BCUT2D eigenvalue weighted by molar-refractivity contribution is 5.83. The lowest BCUT2D eigenvalue weighted by atomic mass is 9.67. The van der Waals surface area contributed by atoms with E-state index in [0.717, 1.165) is 25.2 Å². The highest BCUT2D eigenvalue weighted by Gasteiger charge is 2.36. The maximum absolute atomic E-state index is 12.7. The molecule has 2 aliphatic carbocycles. The van der Waals surface area contributed by atoms with Gasteiger partial charge in [0, 0.05) is 12.5 Å². The molecule has 0 heterocycles. The van der Waals surface area contributed by atoms with Crippen LogP contribution in [0.25, 0.3) is 0 Å². The lowest BCUT2D eigenvalue weighted by molar-refractivity contribution is -0.148. The number of carboxylic acid groups (broad SMARTS) is 1. The molecular formula is C17H29NO3. The van der Waals surface area contributed by atoms with Gasteiger partial charge in [-0.05, 0) is 37.0 Å². The molecule has 2 aliphatic rings. The van der Waals surface area contributed by atoms with E-state index in [1.54, 1.807) is 4.90 Å². The van der Waals surface area contributed by atoms with Crippen LogP contribution in [0.2, 0.25) is 0 Å². The number of carbonyl (C=O) groups excluding carboxylic acids is 1. The topological polar surface area (TPSA) is 57.6 Å². The zero-order valence-corrected chi connectivity index (χ0v) is 13.4. The van der Waals surface area contributed by atoms with Gasteiger partial charge in [0.1, 0.15) is 6.54 Å². The van der Waals surface area contributed by atoms with Crippen LogP contribution < -0.4 is 0 Å². The van der Waals surface area contributed by atoms with Gasteiger partial charge in [-0.25, -0.2) is 0 Å². The first-order valence-corrected chi connectivity index (χ1v) is 8.48. The first kappa shape index (κ1) is 16.3. The molecule has 4 heteroatoms. The molecule has 0 saturated heterocycles. The van der Waals surface area contributed by atoms with Gasteiger partial charge >= 0.3 is 5.97 Å². The van der Waals surface area contributed by atoms with Crippen LogP contribution in [0.3, 0.4) is 0 Å². The van der Waals surface area contributed by atoms with E-state index in [0.29, 0.717) is 18.4 Å². The number of hydrogen-bond acceptors (Lipinski definition) is 2. The third-order valence-corrected chi connectivity index (χ3v) is 5.11. The summed E-state index contributed by atoms with van der Waals surface area (Å²) in [7, 11) is 0. The van der Waals surface area contributed by atoms with Gasteiger partial charge in [-0.2, -0.15) is 0 Å². The van der Waals surface area contributed by atoms with E-state index in [-0.39, 0.29) is 18.4 Å². The molecule has 1 N–H and O–H groups in total. The highest BCUT2D eigenvalue weighted by Crippen LogP contribution is 2.43. The zero-order chi connectivity index (χ0) is 15.4. The van der Waals surface area contributed by atoms with E-state index in [9.17, 15) is 9.59 Å². The number of hydrogen-bond donors (Lipinski definition) is 1. The van der Waals surface area contributed by atoms with Crippen molar-refractivity contribution in [1.82, 2.24) is 4.90 Å². The Labute approximate surface area is 127 Å². The third-order valence-electron chi connectivity index (χ3n) is 5.11. The van der Waals surface area contributed by atoms with Crippen molar-refractivity contribution in [2.24, 2.45) is 23.7 Å². The van der Waals surface area contributed by atoms with E-state index < -0.39 is 5.97 Å². The molecule has 2 fully saturated rings. The van der Waals surface area contributed by atoms with Crippen molar-refractivity contribution in [1.29, 1.82) is 0 Å². The van der Waals surface area contributed by atoms with Gasteiger partial charge in [0.25, 0.3) is 0 Å². The second-order valence-electron chi connectivity index (χ2n) is 7.32. The van der Waals surface area contributed by atoms with E-state index in [4.69, 9.17) is 5.11 Å². The highest BCUT2D eigenvalue weighted by atomic mass is 16.4. The van der Waals surface area contributed by atoms with Crippen molar-refractivity contribution in [2.75, 3.05) is 13.1 Å². The summed E-state index contributed by atoms with van der Waals surface area (Å²) in [6.07, 6.45) is 8.33. The molecule has 1 amide bonds. The summed E-state index contributed by atoms with van der Waals surface area (Å²) in [5.74, 6) is 1.06. The average molecular weight is 295 g/mol. The molecule has 4 nitrogen and oxygen atoms in total. The maximum Gasteiger partial charge on any atom is 0.323 e. The average Bonchev–Trinajstić information content (AvgIpc) is 2.44. The van der Waals surface area contributed by atoms with E-state index in [2.05, 4.69) is 0 Å². The van der Waals surface area contributed by atoms with Crippen LogP contribution in [0.5, 0.6) is 0 Å². The summed E-state index contributed by atoms with van der Waals surface area (Å²) >= 11 is 0. The number of rotatable bonds is 5. The van der Waals surface area contributed by atoms with Crippen LogP contribution in [0.4, 0.5) is 0 Å². The molecule has 0 bridgehead atoms. The first-order chi connectivity index (χ1) is 9.97. The molecule has 3 unspecified atom stereocenters. The van der Waals surface area contributed by atoms with Crippen molar-refractivity contribution < 1.29 is 14.7 Å². The molecule has 120 valence electrons. The molecule has 0 spiro atoms. The molecule has 0 aromatic carbocycles. The SMILES string of the molecule is CC(C)CN(CC(=O)O)C(=O)C1CCC2CCCCC2C1. The standard InChI is InChI=1S/C17H29NO3/c1-12(2)10-18(11-16(19)20)17(21)15-8-7-13-5-3-4-6-14(13)9-15/h12-15H,3-11H2,1-2H3,(H,19,20). The summed E-state index contributed by atoms with van der Waals surface area (Å²) in [5, 5.41) is 9.04. The molecule has 21 heavy (non-hydrogen) atoms. The molecule has 2 saturated carbocycles. The zero-order valence-electron chi connectivity index (χ0n) is 13.4. The van der Waals surface area contributed by atoms with Crippen LogP contribution in [-0.4, -0.2) is 35.0 Å². The Morgan fingerprint density at radius 1 is 1.10 bits per heavy atom. The normalized spacial score (nSPS) is 29.0. The quantitative estimate of drug-likeness (QED) is 0.847. The molecular weight excluding hydrogens is 266 g/mol. The largest absolute Gasteiger partial charge is 0.480 e. The van der Waals surface area contributed by atoms with Gasteiger partial charge in [-0.15, -0.1) is 0 Å². The fraction of sp³-hybridized carbons (Fsp3) is 0.882. The van der Waals surface area contributed by atoms with Crippen LogP contribution >= 0.6 is 0 Å². The number of fused-ring (bicyclic) bond motifs is 1. The fourth-order valence-corrected chi connectivity index (χ4v) is 4.19. The number of carbonyl (C=O) groups is 2. The number of carboxylic acids is 1. The van der Waals surface area contributed by atoms with Gasteiger partial charge < -0.3 is 10.0 Å². The minimum atomic E-state index is -0.907. The van der Waals surface area contributed by atoms with Gasteiger partial charge in [0.05, 0.1) is 0 Å². The van der Waals surface area contributed by atoms with E-state index in [1.807, 2.05) is 13.8 Å². The van der Waals surface area contributed by atoms with Crippen molar-refractivity contribution in [3.05, 3.63) is 0 Å². The minimum absolute atomic E-state index is 0.0578. The Morgan fingerprint density at radius 2 is 1.76 bits per heavy atom. The van der Waals surface area contributed by atoms with Gasteiger partial charge in [0.2, 0.25) is 5.91 Å². The number of aliphatic carboxylic acids is 1. The smallest absolute Gasteiger partial charge is 0.323 e. The Balaban J connectivity index is 1.97. The van der Waals surface area contributed by atoms with E-state index >= 15 is 0 Å². The molecule has 2 rings (SSSR count). The van der Waals surface area contributed by atoms with Crippen molar-refractivity contribution in [3.63, 3.8) is 0 Å². The summed E-state index contributed by atoms with van der Waals surface area (Å²) in [6, 6.07) is 0.